The van der Waals surface area contributed by atoms with Crippen LogP contribution in [-0.2, 0) is 9.53 Å². The molecule has 1 atom stereocenters. The second-order valence-corrected chi connectivity index (χ2v) is 9.34. The van der Waals surface area contributed by atoms with Crippen molar-refractivity contribution in [2.45, 2.75) is 39.0 Å². The van der Waals surface area contributed by atoms with Crippen LogP contribution >= 0.6 is 11.6 Å². The van der Waals surface area contributed by atoms with Crippen molar-refractivity contribution in [3.05, 3.63) is 35.2 Å². The van der Waals surface area contributed by atoms with E-state index in [1.54, 1.807) is 12.1 Å². The molecule has 0 aliphatic carbocycles. The van der Waals surface area contributed by atoms with Gasteiger partial charge in [0.1, 0.15) is 5.82 Å². The highest BCUT2D eigenvalue weighted by Crippen LogP contribution is 2.35. The molecule has 2 fully saturated rings. The predicted octanol–water partition coefficient (Wildman–Crippen LogP) is 4.49. The summed E-state index contributed by atoms with van der Waals surface area (Å²) in [5.41, 5.74) is 1.17. The zero-order valence-corrected chi connectivity index (χ0v) is 19.7. The number of nitrogens with zero attached hydrogens (tertiary/aromatic N) is 2. The molecule has 2 aromatic heterocycles. The molecule has 0 spiro atoms. The summed E-state index contributed by atoms with van der Waals surface area (Å²) in [5.74, 6) is 0.0195. The van der Waals surface area contributed by atoms with E-state index in [4.69, 9.17) is 16.3 Å². The number of amides is 1. The number of rotatable bonds is 7. The van der Waals surface area contributed by atoms with Gasteiger partial charge in [-0.05, 0) is 62.3 Å². The lowest BCUT2D eigenvalue weighted by Crippen LogP contribution is -2.37. The number of carbonyl (C=O) groups excluding carboxylic acids is 1. The fourth-order valence-corrected chi connectivity index (χ4v) is 4.65. The number of nitrogens with one attached hydrogen (secondary N) is 3. The predicted molar refractivity (Wildman–Crippen MR) is 128 cm³/mol. The summed E-state index contributed by atoms with van der Waals surface area (Å²) in [6.45, 7) is 5.83. The van der Waals surface area contributed by atoms with Gasteiger partial charge in [0, 0.05) is 38.1 Å². The first-order chi connectivity index (χ1) is 16.0. The van der Waals surface area contributed by atoms with Gasteiger partial charge in [-0.1, -0.05) is 18.5 Å². The standard InChI is InChI=1S/C24H31ClFN5O2/c1-2-24(7-10-33-11-8-24)15-29-22-19(26)5-6-20(30-22)17-12-21(28-14-18(17)25)31-23(32)16-4-3-9-27-13-16/h5-6,12,14,16,27H,2-4,7-11,13,15H2,1H3,(H,29,30)(H,28,31,32)/t16-/m1/s1. The molecule has 0 unspecified atom stereocenters. The third kappa shape index (κ3) is 5.80. The summed E-state index contributed by atoms with van der Waals surface area (Å²) in [6.07, 6.45) is 6.16. The molecule has 2 saturated heterocycles. The van der Waals surface area contributed by atoms with E-state index in [0.29, 0.717) is 35.2 Å². The molecule has 0 aromatic carbocycles. The Morgan fingerprint density at radius 1 is 1.36 bits per heavy atom. The van der Waals surface area contributed by atoms with Crippen molar-refractivity contribution >= 4 is 29.1 Å². The number of anilines is 2. The Bertz CT molecular complexity index is 977. The SMILES string of the molecule is CCC1(CNc2nc(-c3cc(NC(=O)[C@@H]4CCCNC4)ncc3Cl)ccc2F)CCOCC1. The van der Waals surface area contributed by atoms with Gasteiger partial charge in [-0.3, -0.25) is 4.79 Å². The van der Waals surface area contributed by atoms with E-state index in [2.05, 4.69) is 32.8 Å². The maximum absolute atomic E-state index is 14.6. The first-order valence-corrected chi connectivity index (χ1v) is 12.0. The van der Waals surface area contributed by atoms with Crippen LogP contribution in [0.25, 0.3) is 11.3 Å². The van der Waals surface area contributed by atoms with Crippen molar-refractivity contribution in [3.63, 3.8) is 0 Å². The average molecular weight is 476 g/mol. The first kappa shape index (κ1) is 23.9. The second-order valence-electron chi connectivity index (χ2n) is 8.93. The zero-order chi connectivity index (χ0) is 23.3. The lowest BCUT2D eigenvalue weighted by molar-refractivity contribution is -0.120. The number of halogens is 2. The van der Waals surface area contributed by atoms with Crippen LogP contribution in [0.4, 0.5) is 16.0 Å². The molecule has 0 saturated carbocycles. The highest BCUT2D eigenvalue weighted by Gasteiger charge is 2.31. The molecule has 0 radical (unpaired) electrons. The van der Waals surface area contributed by atoms with Gasteiger partial charge in [-0.25, -0.2) is 14.4 Å². The molecule has 0 bridgehead atoms. The van der Waals surface area contributed by atoms with Gasteiger partial charge in [0.2, 0.25) is 5.91 Å². The third-order valence-corrected chi connectivity index (χ3v) is 7.13. The van der Waals surface area contributed by atoms with Gasteiger partial charge in [0.05, 0.1) is 16.6 Å². The van der Waals surface area contributed by atoms with Crippen LogP contribution in [0.15, 0.2) is 24.4 Å². The number of hydrogen-bond acceptors (Lipinski definition) is 6. The van der Waals surface area contributed by atoms with Crippen molar-refractivity contribution in [2.24, 2.45) is 11.3 Å². The minimum atomic E-state index is -0.416. The zero-order valence-electron chi connectivity index (χ0n) is 18.9. The van der Waals surface area contributed by atoms with Crippen molar-refractivity contribution in [2.75, 3.05) is 43.5 Å². The summed E-state index contributed by atoms with van der Waals surface area (Å²) in [4.78, 5) is 21.3. The third-order valence-electron chi connectivity index (χ3n) is 6.83. The van der Waals surface area contributed by atoms with E-state index < -0.39 is 5.82 Å². The van der Waals surface area contributed by atoms with Crippen LogP contribution in [0.2, 0.25) is 5.02 Å². The molecule has 2 aliphatic heterocycles. The molecule has 4 heterocycles. The van der Waals surface area contributed by atoms with Gasteiger partial charge in [0.25, 0.3) is 0 Å². The lowest BCUT2D eigenvalue weighted by atomic mass is 9.78. The fourth-order valence-electron chi connectivity index (χ4n) is 4.45. The van der Waals surface area contributed by atoms with Crippen molar-refractivity contribution in [1.82, 2.24) is 15.3 Å². The Hall–Kier alpha value is -2.29. The minimum Gasteiger partial charge on any atom is -0.381 e. The smallest absolute Gasteiger partial charge is 0.229 e. The summed E-state index contributed by atoms with van der Waals surface area (Å²) in [5, 5.41) is 9.72. The van der Waals surface area contributed by atoms with Gasteiger partial charge in [-0.2, -0.15) is 0 Å². The molecule has 4 rings (SSSR count). The normalized spacial score (nSPS) is 20.3. The van der Waals surface area contributed by atoms with Crippen LogP contribution in [0, 0.1) is 17.2 Å². The van der Waals surface area contributed by atoms with Crippen LogP contribution < -0.4 is 16.0 Å². The van der Waals surface area contributed by atoms with Crippen molar-refractivity contribution < 1.29 is 13.9 Å². The van der Waals surface area contributed by atoms with E-state index in [1.165, 1.54) is 12.3 Å². The molecule has 2 aliphatic rings. The monoisotopic (exact) mass is 475 g/mol. The minimum absolute atomic E-state index is 0.0706. The Labute approximate surface area is 198 Å². The molecule has 178 valence electrons. The molecule has 3 N–H and O–H groups in total. The van der Waals surface area contributed by atoms with Crippen LogP contribution in [0.5, 0.6) is 0 Å². The highest BCUT2D eigenvalue weighted by molar-refractivity contribution is 6.33. The average Bonchev–Trinajstić information content (AvgIpc) is 2.86. The lowest BCUT2D eigenvalue weighted by Gasteiger charge is -2.36. The van der Waals surface area contributed by atoms with E-state index in [1.807, 2.05) is 0 Å². The Morgan fingerprint density at radius 3 is 2.91 bits per heavy atom. The number of hydrogen-bond donors (Lipinski definition) is 3. The number of aromatic nitrogens is 2. The molecule has 7 nitrogen and oxygen atoms in total. The van der Waals surface area contributed by atoms with Gasteiger partial charge in [-0.15, -0.1) is 0 Å². The van der Waals surface area contributed by atoms with Gasteiger partial charge in [0.15, 0.2) is 11.6 Å². The van der Waals surface area contributed by atoms with Gasteiger partial charge >= 0.3 is 0 Å². The van der Waals surface area contributed by atoms with Gasteiger partial charge < -0.3 is 20.7 Å². The quantitative estimate of drug-likeness (QED) is 0.546. The number of carbonyl (C=O) groups is 1. The van der Waals surface area contributed by atoms with E-state index >= 15 is 0 Å². The topological polar surface area (TPSA) is 88.2 Å². The number of ether oxygens (including phenoxy) is 1. The maximum Gasteiger partial charge on any atom is 0.229 e. The summed E-state index contributed by atoms with van der Waals surface area (Å²) >= 11 is 6.40. The largest absolute Gasteiger partial charge is 0.381 e. The fraction of sp³-hybridized carbons (Fsp3) is 0.542. The summed E-state index contributed by atoms with van der Waals surface area (Å²) < 4.78 is 20.1. The second kappa shape index (κ2) is 10.8. The van der Waals surface area contributed by atoms with Crippen LogP contribution in [0.3, 0.4) is 0 Å². The first-order valence-electron chi connectivity index (χ1n) is 11.7. The molecule has 9 heteroatoms. The Morgan fingerprint density at radius 2 is 2.18 bits per heavy atom. The van der Waals surface area contributed by atoms with Crippen molar-refractivity contribution in [3.8, 4) is 11.3 Å². The number of piperidine rings is 1. The van der Waals surface area contributed by atoms with E-state index in [0.717, 1.165) is 51.9 Å². The molecular formula is C24H31ClFN5O2. The van der Waals surface area contributed by atoms with Crippen LogP contribution in [0.1, 0.15) is 39.0 Å². The van der Waals surface area contributed by atoms with E-state index in [9.17, 15) is 9.18 Å². The maximum atomic E-state index is 14.6. The summed E-state index contributed by atoms with van der Waals surface area (Å²) in [7, 11) is 0. The Kier molecular flexibility index (Phi) is 7.78. The van der Waals surface area contributed by atoms with Crippen LogP contribution in [-0.4, -0.2) is 48.7 Å². The summed E-state index contributed by atoms with van der Waals surface area (Å²) in [6, 6.07) is 4.66. The van der Waals surface area contributed by atoms with E-state index in [-0.39, 0.29) is 23.1 Å². The van der Waals surface area contributed by atoms with Crippen molar-refractivity contribution in [1.29, 1.82) is 0 Å². The highest BCUT2D eigenvalue weighted by atomic mass is 35.5. The number of pyridine rings is 2. The Balaban J connectivity index is 1.51. The molecular weight excluding hydrogens is 445 g/mol. The molecule has 33 heavy (non-hydrogen) atoms. The molecule has 2 aromatic rings. The molecule has 1 amide bonds.